The maximum absolute atomic E-state index is 12.1. The van der Waals surface area contributed by atoms with Gasteiger partial charge in [-0.25, -0.2) is 22.0 Å². The van der Waals surface area contributed by atoms with Crippen LogP contribution in [0.2, 0.25) is 0 Å². The highest BCUT2D eigenvalue weighted by Crippen LogP contribution is 2.26. The molecule has 0 saturated heterocycles. The van der Waals surface area contributed by atoms with Crippen LogP contribution in [0.4, 0.5) is 0 Å². The average Bonchev–Trinajstić information content (AvgIpc) is 2.34. The maximum Gasteiger partial charge on any atom is 0.239 e. The van der Waals surface area contributed by atoms with E-state index in [1.54, 1.807) is 6.07 Å². The molecule has 0 spiro atoms. The minimum Gasteiger partial charge on any atom is -0.225 e. The van der Waals surface area contributed by atoms with Crippen LogP contribution in [-0.2, 0) is 26.3 Å². The van der Waals surface area contributed by atoms with Crippen molar-refractivity contribution in [1.29, 1.82) is 0 Å². The molecule has 0 fully saturated rings. The van der Waals surface area contributed by atoms with E-state index < -0.39 is 19.9 Å². The van der Waals surface area contributed by atoms with Gasteiger partial charge in [-0.3, -0.25) is 0 Å². The molecule has 1 aromatic rings. The minimum atomic E-state index is -4.05. The summed E-state index contributed by atoms with van der Waals surface area (Å²) in [4.78, 5) is -0.434. The van der Waals surface area contributed by atoms with Crippen molar-refractivity contribution < 1.29 is 16.8 Å². The maximum atomic E-state index is 12.1. The van der Waals surface area contributed by atoms with Crippen LogP contribution in [0.5, 0.6) is 0 Å². The molecule has 0 unspecified atom stereocenters. The predicted octanol–water partition coefficient (Wildman–Crippen LogP) is 1.47. The number of unbranched alkanes of at least 4 members (excludes halogenated alkanes) is 1. The first-order chi connectivity index (χ1) is 8.74. The van der Waals surface area contributed by atoms with E-state index in [0.29, 0.717) is 12.0 Å². The fourth-order valence-electron chi connectivity index (χ4n) is 1.85. The molecular formula is C12H19NO4S2. The van der Waals surface area contributed by atoms with Crippen LogP contribution in [-0.4, -0.2) is 22.6 Å². The molecule has 0 aliphatic heterocycles. The molecule has 0 aliphatic carbocycles. The molecule has 0 heterocycles. The average molecular weight is 305 g/mol. The van der Waals surface area contributed by atoms with E-state index in [1.165, 1.54) is 19.1 Å². The van der Waals surface area contributed by atoms with E-state index in [0.717, 1.165) is 12.8 Å². The van der Waals surface area contributed by atoms with Crippen LogP contribution in [0.3, 0.4) is 0 Å². The summed E-state index contributed by atoms with van der Waals surface area (Å²) in [6.07, 6.45) is 2.21. The van der Waals surface area contributed by atoms with Crippen molar-refractivity contribution in [1.82, 2.24) is 0 Å². The minimum absolute atomic E-state index is 0.131. The number of benzene rings is 1. The second kappa shape index (κ2) is 6.02. The Morgan fingerprint density at radius 3 is 2.21 bits per heavy atom. The Hall–Kier alpha value is -0.920. The van der Waals surface area contributed by atoms with Gasteiger partial charge in [0.1, 0.15) is 4.90 Å². The summed E-state index contributed by atoms with van der Waals surface area (Å²) in [6.45, 7) is 3.47. The third kappa shape index (κ3) is 3.77. The number of rotatable bonds is 6. The number of hydrogen-bond acceptors (Lipinski definition) is 4. The molecule has 0 saturated carbocycles. The second-order valence-electron chi connectivity index (χ2n) is 4.30. The first kappa shape index (κ1) is 16.1. The van der Waals surface area contributed by atoms with E-state index >= 15 is 0 Å². The molecule has 5 nitrogen and oxygen atoms in total. The Labute approximate surface area is 114 Å². The summed E-state index contributed by atoms with van der Waals surface area (Å²) in [5.41, 5.74) is 0.523. The second-order valence-corrected chi connectivity index (χ2v) is 8.04. The molecule has 7 heteroatoms. The SMILES string of the molecule is CCCCc1cccc(S(N)(=O)=O)c1S(=O)(=O)CC. The lowest BCUT2D eigenvalue weighted by molar-refractivity contribution is 0.582. The quantitative estimate of drug-likeness (QED) is 0.861. The van der Waals surface area contributed by atoms with Gasteiger partial charge in [0.05, 0.1) is 10.6 Å². The predicted molar refractivity (Wildman–Crippen MR) is 74.2 cm³/mol. The Balaban J connectivity index is 3.60. The van der Waals surface area contributed by atoms with Gasteiger partial charge in [-0.05, 0) is 24.5 Å². The van der Waals surface area contributed by atoms with Gasteiger partial charge in [0.25, 0.3) is 0 Å². The standard InChI is InChI=1S/C12H19NO4S2/c1-3-5-7-10-8-6-9-11(19(13,16)17)12(10)18(14,15)4-2/h6,8-9H,3-5,7H2,1-2H3,(H2,13,16,17). The van der Waals surface area contributed by atoms with Gasteiger partial charge in [0, 0.05) is 0 Å². The van der Waals surface area contributed by atoms with Crippen LogP contribution in [0.25, 0.3) is 0 Å². The summed E-state index contributed by atoms with van der Waals surface area (Å²) in [7, 11) is -7.69. The zero-order chi connectivity index (χ0) is 14.7. The summed E-state index contributed by atoms with van der Waals surface area (Å²) < 4.78 is 47.4. The third-order valence-electron chi connectivity index (χ3n) is 2.86. The summed E-state index contributed by atoms with van der Waals surface area (Å²) in [5.74, 6) is -0.154. The third-order valence-corrected chi connectivity index (χ3v) is 5.80. The molecular weight excluding hydrogens is 286 g/mol. The van der Waals surface area contributed by atoms with Crippen LogP contribution < -0.4 is 5.14 Å². The molecule has 2 N–H and O–H groups in total. The smallest absolute Gasteiger partial charge is 0.225 e. The topological polar surface area (TPSA) is 94.3 Å². The van der Waals surface area contributed by atoms with Crippen molar-refractivity contribution in [2.45, 2.75) is 42.9 Å². The highest BCUT2D eigenvalue weighted by atomic mass is 32.2. The largest absolute Gasteiger partial charge is 0.239 e. The first-order valence-electron chi connectivity index (χ1n) is 6.11. The summed E-state index contributed by atoms with van der Waals surface area (Å²) in [6, 6.07) is 4.42. The van der Waals surface area contributed by atoms with Gasteiger partial charge in [0.2, 0.25) is 10.0 Å². The van der Waals surface area contributed by atoms with Crippen molar-refractivity contribution in [3.05, 3.63) is 23.8 Å². The number of sulfone groups is 1. The Bertz CT molecular complexity index is 648. The molecule has 19 heavy (non-hydrogen) atoms. The molecule has 0 aromatic heterocycles. The van der Waals surface area contributed by atoms with E-state index in [2.05, 4.69) is 0 Å². The van der Waals surface area contributed by atoms with Gasteiger partial charge in [-0.1, -0.05) is 32.4 Å². The van der Waals surface area contributed by atoms with Gasteiger partial charge < -0.3 is 0 Å². The van der Waals surface area contributed by atoms with Crippen LogP contribution in [0, 0.1) is 0 Å². The number of hydrogen-bond donors (Lipinski definition) is 1. The Morgan fingerprint density at radius 1 is 1.11 bits per heavy atom. The number of nitrogens with two attached hydrogens (primary N) is 1. The van der Waals surface area contributed by atoms with Crippen molar-refractivity contribution in [2.24, 2.45) is 5.14 Å². The van der Waals surface area contributed by atoms with Crippen LogP contribution in [0.1, 0.15) is 32.3 Å². The van der Waals surface area contributed by atoms with Crippen molar-refractivity contribution in [3.8, 4) is 0 Å². The molecule has 1 rings (SSSR count). The summed E-state index contributed by atoms with van der Waals surface area (Å²) in [5, 5.41) is 5.11. The van der Waals surface area contributed by atoms with E-state index in [4.69, 9.17) is 5.14 Å². The first-order valence-corrected chi connectivity index (χ1v) is 9.31. The van der Waals surface area contributed by atoms with Gasteiger partial charge in [-0.15, -0.1) is 0 Å². The Kier molecular flexibility index (Phi) is 5.11. The van der Waals surface area contributed by atoms with E-state index in [9.17, 15) is 16.8 Å². The highest BCUT2D eigenvalue weighted by molar-refractivity contribution is 7.93. The van der Waals surface area contributed by atoms with Crippen LogP contribution in [0.15, 0.2) is 28.0 Å². The van der Waals surface area contributed by atoms with Crippen molar-refractivity contribution >= 4 is 19.9 Å². The Morgan fingerprint density at radius 2 is 1.74 bits per heavy atom. The zero-order valence-electron chi connectivity index (χ0n) is 11.1. The number of primary sulfonamides is 1. The lowest BCUT2D eigenvalue weighted by Gasteiger charge is -2.13. The molecule has 0 atom stereocenters. The van der Waals surface area contributed by atoms with Crippen molar-refractivity contribution in [2.75, 3.05) is 5.75 Å². The number of aryl methyl sites for hydroxylation is 1. The normalized spacial score (nSPS) is 12.6. The van der Waals surface area contributed by atoms with E-state index in [1.807, 2.05) is 6.92 Å². The van der Waals surface area contributed by atoms with Crippen LogP contribution >= 0.6 is 0 Å². The molecule has 1 aromatic carbocycles. The van der Waals surface area contributed by atoms with Gasteiger partial charge >= 0.3 is 0 Å². The van der Waals surface area contributed by atoms with Gasteiger partial charge in [0.15, 0.2) is 9.84 Å². The zero-order valence-corrected chi connectivity index (χ0v) is 12.7. The number of sulfonamides is 1. The lowest BCUT2D eigenvalue weighted by Crippen LogP contribution is -2.19. The molecule has 0 aliphatic rings. The monoisotopic (exact) mass is 305 g/mol. The lowest BCUT2D eigenvalue weighted by atomic mass is 10.1. The molecule has 0 radical (unpaired) electrons. The molecule has 0 bridgehead atoms. The molecule has 0 amide bonds. The van der Waals surface area contributed by atoms with E-state index in [-0.39, 0.29) is 15.5 Å². The van der Waals surface area contributed by atoms with Crippen molar-refractivity contribution in [3.63, 3.8) is 0 Å². The molecule has 108 valence electrons. The fraction of sp³-hybridized carbons (Fsp3) is 0.500. The van der Waals surface area contributed by atoms with Gasteiger partial charge in [-0.2, -0.15) is 0 Å². The highest BCUT2D eigenvalue weighted by Gasteiger charge is 2.25. The summed E-state index contributed by atoms with van der Waals surface area (Å²) >= 11 is 0. The fourth-order valence-corrected chi connectivity index (χ4v) is 4.47.